The van der Waals surface area contributed by atoms with E-state index in [1.165, 1.54) is 6.07 Å². The van der Waals surface area contributed by atoms with Crippen molar-refractivity contribution < 1.29 is 27.5 Å². The van der Waals surface area contributed by atoms with E-state index in [1.54, 1.807) is 31.6 Å². The van der Waals surface area contributed by atoms with Gasteiger partial charge in [-0.3, -0.25) is 9.67 Å². The quantitative estimate of drug-likeness (QED) is 0.491. The molecule has 31 heavy (non-hydrogen) atoms. The lowest BCUT2D eigenvalue weighted by molar-refractivity contribution is -0.192. The summed E-state index contributed by atoms with van der Waals surface area (Å²) < 4.78 is 47.1. The Morgan fingerprint density at radius 3 is 2.48 bits per heavy atom. The maximum atomic E-state index is 13.5. The van der Waals surface area contributed by atoms with Crippen LogP contribution < -0.4 is 0 Å². The van der Waals surface area contributed by atoms with Gasteiger partial charge in [0.1, 0.15) is 11.3 Å². The number of pyridine rings is 1. The van der Waals surface area contributed by atoms with Gasteiger partial charge in [0.2, 0.25) is 0 Å². The van der Waals surface area contributed by atoms with Gasteiger partial charge in [0.15, 0.2) is 0 Å². The van der Waals surface area contributed by atoms with Gasteiger partial charge in [-0.25, -0.2) is 9.18 Å². The summed E-state index contributed by atoms with van der Waals surface area (Å²) in [6.45, 7) is 2.27. The van der Waals surface area contributed by atoms with Crippen molar-refractivity contribution in [2.24, 2.45) is 0 Å². The molecule has 3 heterocycles. The average molecular weight is 433 g/mol. The number of hydrogen-bond acceptors (Lipinski definition) is 5. The third-order valence-corrected chi connectivity index (χ3v) is 4.17. The number of carbonyl (C=O) groups is 1. The summed E-state index contributed by atoms with van der Waals surface area (Å²) in [4.78, 5) is 13.4. The first-order valence-electron chi connectivity index (χ1n) is 8.80. The smallest absolute Gasteiger partial charge is 0.475 e. The van der Waals surface area contributed by atoms with Crippen molar-refractivity contribution in [2.75, 3.05) is 0 Å². The molecule has 1 N–H and O–H groups in total. The number of hydrogen-bond donors (Lipinski definition) is 1. The Morgan fingerprint density at radius 2 is 1.87 bits per heavy atom. The topological polar surface area (TPSA) is 93.8 Å². The van der Waals surface area contributed by atoms with Gasteiger partial charge in [0, 0.05) is 18.0 Å². The van der Waals surface area contributed by atoms with Crippen molar-refractivity contribution in [1.82, 2.24) is 25.0 Å². The highest BCUT2D eigenvalue weighted by atomic mass is 19.4. The Labute approximate surface area is 173 Å². The van der Waals surface area contributed by atoms with Crippen LogP contribution >= 0.6 is 0 Å². The molecule has 4 aromatic rings. The standard InChI is InChI=1S/C18H14FN5.C2HF3O2/c1-12-7-13(4-5-16(12)19)14-8-18-17(20-9-14)10-22-24(18)11-15-3-2-6-21-23-15;3-2(4,5)1(6)7/h2-10H,11H2,1H3;(H,6,7). The normalized spacial score (nSPS) is 11.1. The molecule has 0 radical (unpaired) electrons. The highest BCUT2D eigenvalue weighted by molar-refractivity contribution is 5.80. The van der Waals surface area contributed by atoms with Crippen LogP contribution in [0, 0.1) is 12.7 Å². The molecule has 0 bridgehead atoms. The SMILES string of the molecule is Cc1cc(-c2cnc3cnn(Cc4cccnn4)c3c2)ccc1F.O=C(O)C(F)(F)F. The van der Waals surface area contributed by atoms with E-state index in [-0.39, 0.29) is 5.82 Å². The van der Waals surface area contributed by atoms with Crippen LogP contribution in [0.4, 0.5) is 17.6 Å². The van der Waals surface area contributed by atoms with Gasteiger partial charge >= 0.3 is 12.1 Å². The lowest BCUT2D eigenvalue weighted by atomic mass is 10.0. The molecule has 1 aromatic carbocycles. The number of alkyl halides is 3. The van der Waals surface area contributed by atoms with Gasteiger partial charge in [0.25, 0.3) is 0 Å². The molecule has 0 aliphatic heterocycles. The summed E-state index contributed by atoms with van der Waals surface area (Å²) in [6, 6.07) is 10.8. The number of carboxylic acid groups (broad SMARTS) is 1. The van der Waals surface area contributed by atoms with E-state index in [1.807, 2.05) is 28.9 Å². The molecule has 11 heteroatoms. The first-order valence-corrected chi connectivity index (χ1v) is 8.80. The van der Waals surface area contributed by atoms with Gasteiger partial charge in [-0.15, -0.1) is 0 Å². The molecule has 0 fully saturated rings. The molecule has 4 rings (SSSR count). The van der Waals surface area contributed by atoms with Crippen molar-refractivity contribution in [3.8, 4) is 11.1 Å². The molecule has 0 saturated carbocycles. The fourth-order valence-corrected chi connectivity index (χ4v) is 2.64. The summed E-state index contributed by atoms with van der Waals surface area (Å²) in [5.41, 5.74) is 5.00. The Hall–Kier alpha value is -3.89. The van der Waals surface area contributed by atoms with Crippen LogP contribution in [0.5, 0.6) is 0 Å². The lowest BCUT2D eigenvalue weighted by Crippen LogP contribution is -2.21. The highest BCUT2D eigenvalue weighted by Gasteiger charge is 2.38. The van der Waals surface area contributed by atoms with Crippen molar-refractivity contribution >= 4 is 17.0 Å². The van der Waals surface area contributed by atoms with Crippen molar-refractivity contribution in [3.63, 3.8) is 0 Å². The van der Waals surface area contributed by atoms with Crippen LogP contribution in [0.2, 0.25) is 0 Å². The van der Waals surface area contributed by atoms with Gasteiger partial charge in [-0.1, -0.05) is 6.07 Å². The Balaban J connectivity index is 0.000000339. The molecular weight excluding hydrogens is 418 g/mol. The minimum absolute atomic E-state index is 0.208. The minimum atomic E-state index is -5.08. The maximum Gasteiger partial charge on any atom is 0.490 e. The summed E-state index contributed by atoms with van der Waals surface area (Å²) in [6.07, 6.45) is 0.0654. The zero-order valence-electron chi connectivity index (χ0n) is 16.0. The van der Waals surface area contributed by atoms with E-state index in [0.717, 1.165) is 27.9 Å². The third-order valence-electron chi connectivity index (χ3n) is 4.17. The first-order chi connectivity index (χ1) is 14.6. The van der Waals surface area contributed by atoms with Crippen molar-refractivity contribution in [3.05, 3.63) is 72.1 Å². The molecule has 0 aliphatic carbocycles. The van der Waals surface area contributed by atoms with E-state index in [9.17, 15) is 17.6 Å². The van der Waals surface area contributed by atoms with E-state index >= 15 is 0 Å². The van der Waals surface area contributed by atoms with Gasteiger partial charge in [0.05, 0.1) is 24.0 Å². The van der Waals surface area contributed by atoms with Gasteiger partial charge in [-0.05, 0) is 48.4 Å². The van der Waals surface area contributed by atoms with E-state index < -0.39 is 12.1 Å². The monoisotopic (exact) mass is 433 g/mol. The molecule has 160 valence electrons. The number of nitrogens with zero attached hydrogens (tertiary/aromatic N) is 5. The number of aryl methyl sites for hydroxylation is 1. The van der Waals surface area contributed by atoms with Crippen LogP contribution in [-0.2, 0) is 11.3 Å². The molecular formula is C20H15F4N5O2. The fourth-order valence-electron chi connectivity index (χ4n) is 2.64. The number of benzene rings is 1. The summed E-state index contributed by atoms with van der Waals surface area (Å²) in [7, 11) is 0. The average Bonchev–Trinajstić information content (AvgIpc) is 3.12. The summed E-state index contributed by atoms with van der Waals surface area (Å²) in [5.74, 6) is -2.96. The molecule has 0 spiro atoms. The van der Waals surface area contributed by atoms with Crippen LogP contribution in [0.1, 0.15) is 11.3 Å². The van der Waals surface area contributed by atoms with E-state index in [0.29, 0.717) is 12.1 Å². The zero-order chi connectivity index (χ0) is 22.6. The summed E-state index contributed by atoms with van der Waals surface area (Å²) in [5, 5.41) is 19.5. The molecule has 0 aliphatic rings. The number of halogens is 4. The molecule has 0 unspecified atom stereocenters. The maximum absolute atomic E-state index is 13.5. The molecule has 0 atom stereocenters. The van der Waals surface area contributed by atoms with Gasteiger partial charge < -0.3 is 5.11 Å². The second kappa shape index (κ2) is 8.86. The van der Waals surface area contributed by atoms with Gasteiger partial charge in [-0.2, -0.15) is 28.5 Å². The van der Waals surface area contributed by atoms with E-state index in [2.05, 4.69) is 20.3 Å². The Kier molecular flexibility index (Phi) is 6.23. The Bertz CT molecular complexity index is 1210. The highest BCUT2D eigenvalue weighted by Crippen LogP contribution is 2.24. The van der Waals surface area contributed by atoms with Crippen molar-refractivity contribution in [1.29, 1.82) is 0 Å². The molecule has 7 nitrogen and oxygen atoms in total. The molecule has 0 saturated heterocycles. The minimum Gasteiger partial charge on any atom is -0.475 e. The third kappa shape index (κ3) is 5.38. The lowest BCUT2D eigenvalue weighted by Gasteiger charge is -2.06. The number of fused-ring (bicyclic) bond motifs is 1. The predicted octanol–water partition coefficient (Wildman–Crippen LogP) is 4.02. The largest absolute Gasteiger partial charge is 0.490 e. The van der Waals surface area contributed by atoms with E-state index in [4.69, 9.17) is 9.90 Å². The molecule has 0 amide bonds. The molecule has 3 aromatic heterocycles. The van der Waals surface area contributed by atoms with Crippen LogP contribution in [0.25, 0.3) is 22.2 Å². The number of aliphatic carboxylic acids is 1. The summed E-state index contributed by atoms with van der Waals surface area (Å²) >= 11 is 0. The second-order valence-electron chi connectivity index (χ2n) is 6.41. The van der Waals surface area contributed by atoms with Crippen LogP contribution in [-0.4, -0.2) is 42.2 Å². The van der Waals surface area contributed by atoms with Crippen LogP contribution in [0.15, 0.2) is 55.0 Å². The first kappa shape index (κ1) is 21.8. The number of rotatable bonds is 3. The fraction of sp³-hybridized carbons (Fsp3) is 0.150. The second-order valence-corrected chi connectivity index (χ2v) is 6.41. The Morgan fingerprint density at radius 1 is 1.13 bits per heavy atom. The predicted molar refractivity (Wildman–Crippen MR) is 102 cm³/mol. The zero-order valence-corrected chi connectivity index (χ0v) is 16.0. The number of carboxylic acids is 1. The number of aromatic nitrogens is 5. The van der Waals surface area contributed by atoms with Crippen molar-refractivity contribution in [2.45, 2.75) is 19.6 Å². The van der Waals surface area contributed by atoms with Crippen LogP contribution in [0.3, 0.4) is 0 Å².